The van der Waals surface area contributed by atoms with E-state index in [1.165, 1.54) is 38.2 Å². The van der Waals surface area contributed by atoms with Crippen LogP contribution in [-0.2, 0) is 0 Å². The molecular formula is C29H29BrO2. The maximum atomic E-state index is 5.84. The summed E-state index contributed by atoms with van der Waals surface area (Å²) in [5.41, 5.74) is 7.59. The van der Waals surface area contributed by atoms with Crippen LogP contribution >= 0.6 is 15.9 Å². The van der Waals surface area contributed by atoms with Crippen LogP contribution in [0.3, 0.4) is 0 Å². The molecule has 0 spiro atoms. The quantitative estimate of drug-likeness (QED) is 0.212. The van der Waals surface area contributed by atoms with Crippen LogP contribution in [-0.4, -0.2) is 0 Å². The standard InChI is InChI=1S/C14H12O.C13H9BrO.2CH4/c1-9-7-10(2)14-12(8-9)11-5-3-4-6-13(11)15-14;1-8-6-10-9-4-2-3-5-12(9)15-13(10)11(14)7-8;;/h3-8H,1-2H3;2-7H,1H3;2*1H4. The second-order valence-electron chi connectivity index (χ2n) is 7.78. The highest BCUT2D eigenvalue weighted by molar-refractivity contribution is 9.10. The molecular weight excluding hydrogens is 460 g/mol. The van der Waals surface area contributed by atoms with Crippen molar-refractivity contribution in [2.45, 2.75) is 35.6 Å². The van der Waals surface area contributed by atoms with Gasteiger partial charge in [-0.25, -0.2) is 0 Å². The third-order valence-corrected chi connectivity index (χ3v) is 5.97. The number of hydrogen-bond donors (Lipinski definition) is 0. The van der Waals surface area contributed by atoms with E-state index in [1.807, 2.05) is 30.3 Å². The maximum absolute atomic E-state index is 5.84. The van der Waals surface area contributed by atoms with Gasteiger partial charge >= 0.3 is 0 Å². The van der Waals surface area contributed by atoms with Gasteiger partial charge in [0.2, 0.25) is 0 Å². The van der Waals surface area contributed by atoms with Gasteiger partial charge in [0.05, 0.1) is 4.47 Å². The number of furan rings is 2. The zero-order valence-electron chi connectivity index (χ0n) is 17.1. The van der Waals surface area contributed by atoms with E-state index in [4.69, 9.17) is 8.83 Å². The summed E-state index contributed by atoms with van der Waals surface area (Å²) < 4.78 is 12.7. The molecule has 6 aromatic rings. The smallest absolute Gasteiger partial charge is 0.149 e. The molecule has 0 saturated heterocycles. The Kier molecular flexibility index (Phi) is 6.80. The lowest BCUT2D eigenvalue weighted by atomic mass is 10.1. The summed E-state index contributed by atoms with van der Waals surface area (Å²) in [6.45, 7) is 6.30. The molecule has 0 aliphatic rings. The molecule has 6 rings (SSSR count). The van der Waals surface area contributed by atoms with Gasteiger partial charge in [0, 0.05) is 21.5 Å². The lowest BCUT2D eigenvalue weighted by Crippen LogP contribution is -1.76. The maximum Gasteiger partial charge on any atom is 0.149 e. The van der Waals surface area contributed by atoms with Crippen molar-refractivity contribution in [3.63, 3.8) is 0 Å². The van der Waals surface area contributed by atoms with Gasteiger partial charge in [-0.3, -0.25) is 0 Å². The first-order valence-corrected chi connectivity index (χ1v) is 10.8. The van der Waals surface area contributed by atoms with Gasteiger partial charge in [-0.1, -0.05) is 57.3 Å². The number of para-hydroxylation sites is 2. The molecule has 0 fully saturated rings. The van der Waals surface area contributed by atoms with Gasteiger partial charge in [-0.2, -0.15) is 0 Å². The van der Waals surface area contributed by atoms with Crippen molar-refractivity contribution in [2.75, 3.05) is 0 Å². The zero-order chi connectivity index (χ0) is 20.8. The number of benzene rings is 4. The molecule has 0 amide bonds. The van der Waals surface area contributed by atoms with Crippen LogP contribution in [0, 0.1) is 20.8 Å². The predicted octanol–water partition coefficient (Wildman–Crippen LogP) is 10.1. The van der Waals surface area contributed by atoms with Gasteiger partial charge in [-0.15, -0.1) is 0 Å². The summed E-state index contributed by atoms with van der Waals surface area (Å²) in [6.07, 6.45) is 0. The largest absolute Gasteiger partial charge is 0.456 e. The average Bonchev–Trinajstić information content (AvgIpc) is 3.28. The molecule has 32 heavy (non-hydrogen) atoms. The summed E-state index contributed by atoms with van der Waals surface area (Å²) >= 11 is 3.53. The molecule has 2 aromatic heterocycles. The first-order chi connectivity index (χ1) is 14.5. The Morgan fingerprint density at radius 3 is 1.62 bits per heavy atom. The Morgan fingerprint density at radius 2 is 1.03 bits per heavy atom. The van der Waals surface area contributed by atoms with Crippen LogP contribution in [0.25, 0.3) is 43.9 Å². The van der Waals surface area contributed by atoms with Crippen LogP contribution in [0.5, 0.6) is 0 Å². The summed E-state index contributed by atoms with van der Waals surface area (Å²) in [7, 11) is 0. The molecule has 0 radical (unpaired) electrons. The lowest BCUT2D eigenvalue weighted by Gasteiger charge is -1.96. The van der Waals surface area contributed by atoms with Crippen LogP contribution in [0.15, 0.2) is 86.1 Å². The van der Waals surface area contributed by atoms with E-state index in [0.29, 0.717) is 0 Å². The summed E-state index contributed by atoms with van der Waals surface area (Å²) in [5.74, 6) is 0. The molecule has 0 aliphatic heterocycles. The Morgan fingerprint density at radius 1 is 0.562 bits per heavy atom. The van der Waals surface area contributed by atoms with E-state index in [0.717, 1.165) is 26.8 Å². The SMILES string of the molecule is C.C.Cc1cc(Br)c2oc3ccccc3c2c1.Cc1cc(C)c2oc3ccccc3c2c1. The second kappa shape index (κ2) is 9.22. The number of aryl methyl sites for hydroxylation is 3. The highest BCUT2D eigenvalue weighted by Gasteiger charge is 2.10. The molecule has 164 valence electrons. The highest BCUT2D eigenvalue weighted by atomic mass is 79.9. The van der Waals surface area contributed by atoms with Crippen molar-refractivity contribution >= 4 is 59.8 Å². The molecule has 0 atom stereocenters. The molecule has 0 aliphatic carbocycles. The predicted molar refractivity (Wildman–Crippen MR) is 143 cm³/mol. The fourth-order valence-electron chi connectivity index (χ4n) is 4.10. The van der Waals surface area contributed by atoms with Crippen LogP contribution in [0.1, 0.15) is 31.5 Å². The van der Waals surface area contributed by atoms with Gasteiger partial charge in [0.1, 0.15) is 22.3 Å². The van der Waals surface area contributed by atoms with E-state index in [2.05, 4.69) is 79.2 Å². The lowest BCUT2D eigenvalue weighted by molar-refractivity contribution is 0.665. The number of halogens is 1. The van der Waals surface area contributed by atoms with E-state index < -0.39 is 0 Å². The number of fused-ring (bicyclic) bond motifs is 6. The van der Waals surface area contributed by atoms with Crippen molar-refractivity contribution in [2.24, 2.45) is 0 Å². The van der Waals surface area contributed by atoms with Crippen molar-refractivity contribution in [1.29, 1.82) is 0 Å². The van der Waals surface area contributed by atoms with Gasteiger partial charge in [0.15, 0.2) is 0 Å². The van der Waals surface area contributed by atoms with Gasteiger partial charge in [-0.05, 0) is 83.7 Å². The fourth-order valence-corrected chi connectivity index (χ4v) is 4.75. The van der Waals surface area contributed by atoms with E-state index in [-0.39, 0.29) is 14.9 Å². The van der Waals surface area contributed by atoms with Crippen molar-refractivity contribution in [3.8, 4) is 0 Å². The molecule has 0 N–H and O–H groups in total. The minimum absolute atomic E-state index is 0. The van der Waals surface area contributed by atoms with Crippen LogP contribution in [0.4, 0.5) is 0 Å². The van der Waals surface area contributed by atoms with Crippen LogP contribution in [0.2, 0.25) is 0 Å². The first kappa shape index (κ1) is 23.6. The summed E-state index contributed by atoms with van der Waals surface area (Å²) in [6, 6.07) is 24.9. The average molecular weight is 489 g/mol. The van der Waals surface area contributed by atoms with Gasteiger partial charge in [0.25, 0.3) is 0 Å². The minimum Gasteiger partial charge on any atom is -0.456 e. The summed E-state index contributed by atoms with van der Waals surface area (Å²) in [4.78, 5) is 0. The van der Waals surface area contributed by atoms with Crippen molar-refractivity contribution < 1.29 is 8.83 Å². The highest BCUT2D eigenvalue weighted by Crippen LogP contribution is 2.34. The Bertz CT molecular complexity index is 1420. The second-order valence-corrected chi connectivity index (χ2v) is 8.63. The summed E-state index contributed by atoms with van der Waals surface area (Å²) in [5, 5.41) is 4.79. The Labute approximate surface area is 198 Å². The van der Waals surface area contributed by atoms with E-state index >= 15 is 0 Å². The minimum atomic E-state index is 0. The first-order valence-electron chi connectivity index (χ1n) is 9.97. The molecule has 0 saturated carbocycles. The van der Waals surface area contributed by atoms with Crippen molar-refractivity contribution in [1.82, 2.24) is 0 Å². The van der Waals surface area contributed by atoms with E-state index in [9.17, 15) is 0 Å². The van der Waals surface area contributed by atoms with Gasteiger partial charge < -0.3 is 8.83 Å². The van der Waals surface area contributed by atoms with Crippen molar-refractivity contribution in [3.05, 3.63) is 94.0 Å². The third-order valence-electron chi connectivity index (χ3n) is 5.39. The molecule has 4 aromatic carbocycles. The normalized spacial score (nSPS) is 10.6. The number of rotatable bonds is 0. The molecule has 0 unspecified atom stereocenters. The molecule has 3 heteroatoms. The van der Waals surface area contributed by atoms with Crippen LogP contribution < -0.4 is 0 Å². The Balaban J connectivity index is 0.000000170. The molecule has 0 bridgehead atoms. The topological polar surface area (TPSA) is 26.3 Å². The third kappa shape index (κ3) is 4.05. The van der Waals surface area contributed by atoms with E-state index in [1.54, 1.807) is 0 Å². The monoisotopic (exact) mass is 488 g/mol. The molecule has 2 nitrogen and oxygen atoms in total. The Hall–Kier alpha value is -3.04. The number of hydrogen-bond acceptors (Lipinski definition) is 2. The zero-order valence-corrected chi connectivity index (χ0v) is 18.7. The molecule has 2 heterocycles. The fraction of sp³-hybridized carbons (Fsp3) is 0.172.